The van der Waals surface area contributed by atoms with Crippen LogP contribution in [0.2, 0.25) is 0 Å². The van der Waals surface area contributed by atoms with Gasteiger partial charge in [0.25, 0.3) is 10.0 Å². The first-order valence-electron chi connectivity index (χ1n) is 5.61. The second-order valence-corrected chi connectivity index (χ2v) is 5.75. The van der Waals surface area contributed by atoms with Crippen LogP contribution in [0.3, 0.4) is 0 Å². The summed E-state index contributed by atoms with van der Waals surface area (Å²) >= 11 is 0. The predicted octanol–water partition coefficient (Wildman–Crippen LogP) is 2.46. The van der Waals surface area contributed by atoms with E-state index in [0.717, 1.165) is 18.2 Å². The molecule has 0 heterocycles. The van der Waals surface area contributed by atoms with Crippen molar-refractivity contribution in [3.8, 4) is 0 Å². The number of hydrogen-bond acceptors (Lipinski definition) is 3. The molecule has 8 heteroatoms. The molecule has 0 aromatic heterocycles. The van der Waals surface area contributed by atoms with E-state index in [1.54, 1.807) is 0 Å². The van der Waals surface area contributed by atoms with Crippen molar-refractivity contribution < 1.29 is 27.1 Å². The molecule has 5 nitrogen and oxygen atoms in total. The molecule has 2 rings (SSSR count). The van der Waals surface area contributed by atoms with Gasteiger partial charge in [-0.25, -0.2) is 22.0 Å². The van der Waals surface area contributed by atoms with Gasteiger partial charge in [0.1, 0.15) is 0 Å². The van der Waals surface area contributed by atoms with Gasteiger partial charge in [-0.05, 0) is 30.3 Å². The molecule has 2 N–H and O–H groups in total. The highest BCUT2D eigenvalue weighted by atomic mass is 32.2. The van der Waals surface area contributed by atoms with Crippen LogP contribution in [0.5, 0.6) is 0 Å². The van der Waals surface area contributed by atoms with Gasteiger partial charge in [0.05, 0.1) is 16.1 Å². The topological polar surface area (TPSA) is 83.5 Å². The number of nitrogens with one attached hydrogen (secondary N) is 1. The van der Waals surface area contributed by atoms with Gasteiger partial charge in [-0.1, -0.05) is 6.07 Å². The van der Waals surface area contributed by atoms with Crippen molar-refractivity contribution in [1.82, 2.24) is 0 Å². The van der Waals surface area contributed by atoms with Crippen molar-refractivity contribution in [1.29, 1.82) is 0 Å². The van der Waals surface area contributed by atoms with E-state index in [4.69, 9.17) is 5.11 Å². The second-order valence-electron chi connectivity index (χ2n) is 4.07. The lowest BCUT2D eigenvalue weighted by Gasteiger charge is -2.09. The molecule has 0 saturated carbocycles. The summed E-state index contributed by atoms with van der Waals surface area (Å²) in [5.41, 5.74) is -0.377. The van der Waals surface area contributed by atoms with Gasteiger partial charge >= 0.3 is 5.97 Å². The van der Waals surface area contributed by atoms with Crippen LogP contribution in [0.1, 0.15) is 10.4 Å². The van der Waals surface area contributed by atoms with E-state index < -0.39 is 27.6 Å². The van der Waals surface area contributed by atoms with Crippen molar-refractivity contribution in [3.63, 3.8) is 0 Å². The molecule has 0 fully saturated rings. The van der Waals surface area contributed by atoms with Gasteiger partial charge in [0.2, 0.25) is 0 Å². The van der Waals surface area contributed by atoms with Crippen LogP contribution >= 0.6 is 0 Å². The Morgan fingerprint density at radius 1 is 1.05 bits per heavy atom. The van der Waals surface area contributed by atoms with E-state index in [2.05, 4.69) is 0 Å². The average Bonchev–Trinajstić information content (AvgIpc) is 2.43. The highest BCUT2D eigenvalue weighted by Crippen LogP contribution is 2.19. The lowest BCUT2D eigenvalue weighted by atomic mass is 10.2. The lowest BCUT2D eigenvalue weighted by molar-refractivity contribution is 0.0696. The fraction of sp³-hybridized carbons (Fsp3) is 0. The Hall–Kier alpha value is -2.48. The number of rotatable bonds is 4. The third-order valence-corrected chi connectivity index (χ3v) is 3.94. The first-order valence-corrected chi connectivity index (χ1v) is 7.09. The summed E-state index contributed by atoms with van der Waals surface area (Å²) in [6, 6.07) is 7.17. The SMILES string of the molecule is O=C(O)c1cccc(S(=O)(=O)Nc2ccc(F)c(F)c2)c1. The Labute approximate surface area is 118 Å². The van der Waals surface area contributed by atoms with Crippen molar-refractivity contribution in [2.45, 2.75) is 4.90 Å². The highest BCUT2D eigenvalue weighted by molar-refractivity contribution is 7.92. The number of sulfonamides is 1. The monoisotopic (exact) mass is 313 g/mol. The fourth-order valence-electron chi connectivity index (χ4n) is 1.57. The number of benzene rings is 2. The van der Waals surface area contributed by atoms with E-state index in [-0.39, 0.29) is 16.1 Å². The average molecular weight is 313 g/mol. The lowest BCUT2D eigenvalue weighted by Crippen LogP contribution is -2.14. The molecule has 0 atom stereocenters. The molecule has 2 aromatic rings. The number of carboxylic acids is 1. The smallest absolute Gasteiger partial charge is 0.335 e. The summed E-state index contributed by atoms with van der Waals surface area (Å²) in [6.45, 7) is 0. The van der Waals surface area contributed by atoms with Crippen LogP contribution in [0, 0.1) is 11.6 Å². The third kappa shape index (κ3) is 3.34. The van der Waals surface area contributed by atoms with Gasteiger partial charge in [-0.3, -0.25) is 4.72 Å². The maximum Gasteiger partial charge on any atom is 0.335 e. The van der Waals surface area contributed by atoms with E-state index >= 15 is 0 Å². The zero-order chi connectivity index (χ0) is 15.6. The quantitative estimate of drug-likeness (QED) is 0.908. The molecule has 0 bridgehead atoms. The first kappa shape index (κ1) is 14.9. The van der Waals surface area contributed by atoms with Crippen molar-refractivity contribution in [2.75, 3.05) is 4.72 Å². The molecule has 0 unspecified atom stereocenters. The Kier molecular flexibility index (Phi) is 3.90. The molecular formula is C13H9F2NO4S. The molecule has 0 radical (unpaired) electrons. The molecular weight excluding hydrogens is 304 g/mol. The third-order valence-electron chi connectivity index (χ3n) is 2.56. The molecule has 21 heavy (non-hydrogen) atoms. The number of hydrogen-bond donors (Lipinski definition) is 2. The largest absolute Gasteiger partial charge is 0.478 e. The van der Waals surface area contributed by atoms with E-state index in [1.165, 1.54) is 18.2 Å². The van der Waals surface area contributed by atoms with Crippen molar-refractivity contribution >= 4 is 21.7 Å². The summed E-state index contributed by atoms with van der Waals surface area (Å²) in [4.78, 5) is 10.5. The van der Waals surface area contributed by atoms with Gasteiger partial charge in [0, 0.05) is 6.07 Å². The Bertz CT molecular complexity index is 806. The van der Waals surface area contributed by atoms with Gasteiger partial charge in [-0.15, -0.1) is 0 Å². The van der Waals surface area contributed by atoms with E-state index in [0.29, 0.717) is 6.07 Å². The van der Waals surface area contributed by atoms with E-state index in [1.807, 2.05) is 4.72 Å². The first-order chi connectivity index (χ1) is 9.79. The van der Waals surface area contributed by atoms with Crippen molar-refractivity contribution in [2.24, 2.45) is 0 Å². The molecule has 2 aromatic carbocycles. The zero-order valence-corrected chi connectivity index (χ0v) is 11.2. The molecule has 0 aliphatic heterocycles. The summed E-state index contributed by atoms with van der Waals surface area (Å²) in [6.07, 6.45) is 0. The minimum absolute atomic E-state index is 0.172. The molecule has 0 aliphatic rings. The number of aromatic carboxylic acids is 1. The van der Waals surface area contributed by atoms with Gasteiger partial charge < -0.3 is 5.11 Å². The Morgan fingerprint density at radius 3 is 2.38 bits per heavy atom. The molecule has 0 saturated heterocycles. The Balaban J connectivity index is 2.36. The number of carbonyl (C=O) groups is 1. The summed E-state index contributed by atoms with van der Waals surface area (Å²) in [5, 5.41) is 8.83. The molecule has 110 valence electrons. The normalized spacial score (nSPS) is 11.1. The summed E-state index contributed by atoms with van der Waals surface area (Å²) in [7, 11) is -4.10. The summed E-state index contributed by atoms with van der Waals surface area (Å²) in [5.74, 6) is -3.58. The van der Waals surface area contributed by atoms with E-state index in [9.17, 15) is 22.0 Å². The minimum Gasteiger partial charge on any atom is -0.478 e. The van der Waals surface area contributed by atoms with Crippen LogP contribution in [0.25, 0.3) is 0 Å². The molecule has 0 spiro atoms. The Morgan fingerprint density at radius 2 is 1.76 bits per heavy atom. The standard InChI is InChI=1S/C13H9F2NO4S/c14-11-5-4-9(7-12(11)15)16-21(19,20)10-3-1-2-8(6-10)13(17)18/h1-7,16H,(H,17,18). The number of halogens is 2. The van der Waals surface area contributed by atoms with Crippen LogP contribution in [0.15, 0.2) is 47.4 Å². The molecule has 0 amide bonds. The predicted molar refractivity (Wildman–Crippen MR) is 70.6 cm³/mol. The number of anilines is 1. The van der Waals surface area contributed by atoms with Crippen molar-refractivity contribution in [3.05, 3.63) is 59.7 Å². The van der Waals surface area contributed by atoms with Crippen LogP contribution in [-0.4, -0.2) is 19.5 Å². The minimum atomic E-state index is -4.10. The molecule has 0 aliphatic carbocycles. The van der Waals surface area contributed by atoms with Crippen LogP contribution in [-0.2, 0) is 10.0 Å². The maximum absolute atomic E-state index is 13.0. The highest BCUT2D eigenvalue weighted by Gasteiger charge is 2.17. The summed E-state index contributed by atoms with van der Waals surface area (Å²) < 4.78 is 52.0. The second kappa shape index (κ2) is 5.49. The zero-order valence-electron chi connectivity index (χ0n) is 10.4. The van der Waals surface area contributed by atoms with Gasteiger partial charge in [-0.2, -0.15) is 0 Å². The van der Waals surface area contributed by atoms with Crippen LogP contribution in [0.4, 0.5) is 14.5 Å². The maximum atomic E-state index is 13.0. The van der Waals surface area contributed by atoms with Crippen LogP contribution < -0.4 is 4.72 Å². The number of carboxylic acid groups (broad SMARTS) is 1. The van der Waals surface area contributed by atoms with Gasteiger partial charge in [0.15, 0.2) is 11.6 Å². The fourth-order valence-corrected chi connectivity index (χ4v) is 2.66.